The highest BCUT2D eigenvalue weighted by Crippen LogP contribution is 2.31. The van der Waals surface area contributed by atoms with Crippen molar-refractivity contribution < 1.29 is 24.2 Å². The van der Waals surface area contributed by atoms with Gasteiger partial charge in [0.15, 0.2) is 0 Å². The van der Waals surface area contributed by atoms with E-state index < -0.39 is 17.6 Å². The number of nitrogens with two attached hydrogens (primary N) is 1. The molecule has 2 aromatic carbocycles. The van der Waals surface area contributed by atoms with Crippen molar-refractivity contribution in [2.24, 2.45) is 5.73 Å². The lowest BCUT2D eigenvalue weighted by Crippen LogP contribution is -2.52. The Balaban J connectivity index is 1.61. The zero-order valence-corrected chi connectivity index (χ0v) is 17.3. The summed E-state index contributed by atoms with van der Waals surface area (Å²) in [6, 6.07) is 16.5. The molecule has 7 nitrogen and oxygen atoms in total. The molecule has 0 saturated carbocycles. The monoisotopic (exact) mass is 412 g/mol. The Bertz CT molecular complexity index is 871. The molecule has 2 aromatic rings. The molecule has 0 radical (unpaired) electrons. The van der Waals surface area contributed by atoms with Gasteiger partial charge in [-0.2, -0.15) is 0 Å². The van der Waals surface area contributed by atoms with E-state index in [-0.39, 0.29) is 18.8 Å². The second-order valence-corrected chi connectivity index (χ2v) is 7.75. The minimum Gasteiger partial charge on any atom is -0.491 e. The van der Waals surface area contributed by atoms with Crippen LogP contribution in [0, 0.1) is 0 Å². The van der Waals surface area contributed by atoms with Crippen LogP contribution in [0.5, 0.6) is 5.75 Å². The number of hydrogen-bond donors (Lipinski definition) is 2. The Morgan fingerprint density at radius 2 is 1.90 bits per heavy atom. The molecule has 7 heteroatoms. The highest BCUT2D eigenvalue weighted by molar-refractivity contribution is 5.92. The average molecular weight is 412 g/mol. The van der Waals surface area contributed by atoms with Gasteiger partial charge >= 0.3 is 5.97 Å². The average Bonchev–Trinajstić information content (AvgIpc) is 3.09. The van der Waals surface area contributed by atoms with Gasteiger partial charge in [-0.25, -0.2) is 4.79 Å². The zero-order chi connectivity index (χ0) is 21.7. The molecule has 1 aliphatic heterocycles. The minimum absolute atomic E-state index is 0.0244. The number of aliphatic carboxylic acids is 1. The van der Waals surface area contributed by atoms with Crippen molar-refractivity contribution in [2.75, 3.05) is 13.2 Å². The van der Waals surface area contributed by atoms with E-state index in [2.05, 4.69) is 0 Å². The van der Waals surface area contributed by atoms with E-state index >= 15 is 0 Å². The van der Waals surface area contributed by atoms with Crippen LogP contribution in [-0.4, -0.2) is 52.9 Å². The molecule has 3 atom stereocenters. The Morgan fingerprint density at radius 3 is 2.50 bits per heavy atom. The number of primary amides is 1. The van der Waals surface area contributed by atoms with Crippen LogP contribution in [-0.2, 0) is 16.0 Å². The Kier molecular flexibility index (Phi) is 6.74. The predicted octanol–water partition coefficient (Wildman–Crippen LogP) is 2.69. The van der Waals surface area contributed by atoms with Crippen molar-refractivity contribution in [3.8, 4) is 5.75 Å². The van der Waals surface area contributed by atoms with Crippen LogP contribution in [0.4, 0.5) is 0 Å². The van der Waals surface area contributed by atoms with Crippen molar-refractivity contribution in [2.45, 2.75) is 44.6 Å². The smallest absolute Gasteiger partial charge is 0.351 e. The standard InChI is InChI=1S/C23H28N2O5/c1-16(8-9-17-10-12-18(13-11-17)21(24)26)25-14-20(30-23(25,2)22(27)28)15-29-19-6-4-3-5-7-19/h3-7,10-13,16,20H,8-9,14-15H2,1-2H3,(H2,24,26)(H,27,28)/t16-,20-,23?/m1/s1. The number of carboxylic acid groups (broad SMARTS) is 1. The Labute approximate surface area is 176 Å². The van der Waals surface area contributed by atoms with Gasteiger partial charge in [0.2, 0.25) is 11.6 Å². The molecule has 3 N–H and O–H groups in total. The number of carbonyl (C=O) groups is 2. The van der Waals surface area contributed by atoms with Crippen molar-refractivity contribution in [1.82, 2.24) is 4.90 Å². The Hall–Kier alpha value is -2.90. The molecule has 3 rings (SSSR count). The lowest BCUT2D eigenvalue weighted by atomic mass is 10.0. The third-order valence-electron chi connectivity index (χ3n) is 5.54. The van der Waals surface area contributed by atoms with Gasteiger partial charge in [0.25, 0.3) is 0 Å². The van der Waals surface area contributed by atoms with Crippen LogP contribution in [0.15, 0.2) is 54.6 Å². The van der Waals surface area contributed by atoms with Gasteiger partial charge in [0.05, 0.1) is 0 Å². The van der Waals surface area contributed by atoms with Crippen molar-refractivity contribution >= 4 is 11.9 Å². The molecule has 30 heavy (non-hydrogen) atoms. The summed E-state index contributed by atoms with van der Waals surface area (Å²) in [6.07, 6.45) is 1.15. The molecule has 1 amide bonds. The summed E-state index contributed by atoms with van der Waals surface area (Å²) in [7, 11) is 0. The maximum absolute atomic E-state index is 12.0. The molecule has 0 aliphatic carbocycles. The summed E-state index contributed by atoms with van der Waals surface area (Å²) in [5.41, 5.74) is 5.41. The first-order valence-electron chi connectivity index (χ1n) is 10.0. The number of amides is 1. The van der Waals surface area contributed by atoms with E-state index in [1.165, 1.54) is 0 Å². The van der Waals surface area contributed by atoms with Gasteiger partial charge in [-0.1, -0.05) is 30.3 Å². The lowest BCUT2D eigenvalue weighted by Gasteiger charge is -2.34. The topological polar surface area (TPSA) is 102 Å². The van der Waals surface area contributed by atoms with E-state index in [1.54, 1.807) is 19.1 Å². The number of hydrogen-bond acceptors (Lipinski definition) is 5. The number of rotatable bonds is 9. The summed E-state index contributed by atoms with van der Waals surface area (Å²) in [4.78, 5) is 25.1. The predicted molar refractivity (Wildman–Crippen MR) is 112 cm³/mol. The summed E-state index contributed by atoms with van der Waals surface area (Å²) in [5, 5.41) is 9.81. The highest BCUT2D eigenvalue weighted by atomic mass is 16.6. The van der Waals surface area contributed by atoms with Gasteiger partial charge in [0.1, 0.15) is 18.5 Å². The van der Waals surface area contributed by atoms with Gasteiger partial charge < -0.3 is 20.3 Å². The fraction of sp³-hybridized carbons (Fsp3) is 0.391. The number of carboxylic acids is 1. The molecule has 0 spiro atoms. The van der Waals surface area contributed by atoms with Crippen LogP contribution in [0.2, 0.25) is 0 Å². The molecule has 160 valence electrons. The number of carbonyl (C=O) groups excluding carboxylic acids is 1. The second-order valence-electron chi connectivity index (χ2n) is 7.75. The van der Waals surface area contributed by atoms with Gasteiger partial charge in [-0.3, -0.25) is 9.69 Å². The van der Waals surface area contributed by atoms with Crippen molar-refractivity contribution in [3.63, 3.8) is 0 Å². The molecule has 1 saturated heterocycles. The van der Waals surface area contributed by atoms with Crippen LogP contribution >= 0.6 is 0 Å². The number of ether oxygens (including phenoxy) is 2. The van der Waals surface area contributed by atoms with E-state index in [0.29, 0.717) is 12.1 Å². The van der Waals surface area contributed by atoms with E-state index in [1.807, 2.05) is 54.3 Å². The third-order valence-corrected chi connectivity index (χ3v) is 5.54. The van der Waals surface area contributed by atoms with Crippen LogP contribution < -0.4 is 10.5 Å². The first-order valence-corrected chi connectivity index (χ1v) is 10.0. The first-order chi connectivity index (χ1) is 14.3. The molecule has 0 aromatic heterocycles. The molecule has 1 fully saturated rings. The third kappa shape index (κ3) is 4.98. The molecule has 0 bridgehead atoms. The minimum atomic E-state index is -1.40. The van der Waals surface area contributed by atoms with Gasteiger partial charge in [0, 0.05) is 18.2 Å². The van der Waals surface area contributed by atoms with Gasteiger partial charge in [-0.05, 0) is 56.5 Å². The summed E-state index contributed by atoms with van der Waals surface area (Å²) in [6.45, 7) is 4.35. The van der Waals surface area contributed by atoms with E-state index in [4.69, 9.17) is 15.2 Å². The number of aryl methyl sites for hydroxylation is 1. The number of para-hydroxylation sites is 1. The number of nitrogens with zero attached hydrogens (tertiary/aromatic N) is 1. The quantitative estimate of drug-likeness (QED) is 0.657. The lowest BCUT2D eigenvalue weighted by molar-refractivity contribution is -0.180. The van der Waals surface area contributed by atoms with Crippen LogP contribution in [0.1, 0.15) is 36.2 Å². The fourth-order valence-electron chi connectivity index (χ4n) is 3.76. The molecule has 1 heterocycles. The second kappa shape index (κ2) is 9.28. The molecule has 1 aliphatic rings. The Morgan fingerprint density at radius 1 is 1.23 bits per heavy atom. The maximum Gasteiger partial charge on any atom is 0.351 e. The zero-order valence-electron chi connectivity index (χ0n) is 17.3. The van der Waals surface area contributed by atoms with Gasteiger partial charge in [-0.15, -0.1) is 0 Å². The molecular weight excluding hydrogens is 384 g/mol. The number of benzene rings is 2. The SMILES string of the molecule is C[C@H](CCc1ccc(C(N)=O)cc1)N1C[C@H](COc2ccccc2)OC1(C)C(=O)O. The normalized spacial score (nSPS) is 22.5. The van der Waals surface area contributed by atoms with Crippen molar-refractivity contribution in [3.05, 3.63) is 65.7 Å². The summed E-state index contributed by atoms with van der Waals surface area (Å²) < 4.78 is 11.7. The van der Waals surface area contributed by atoms with Crippen LogP contribution in [0.3, 0.4) is 0 Å². The molecular formula is C23H28N2O5. The highest BCUT2D eigenvalue weighted by Gasteiger charge is 2.51. The molecule has 1 unspecified atom stereocenters. The largest absolute Gasteiger partial charge is 0.491 e. The van der Waals surface area contributed by atoms with E-state index in [0.717, 1.165) is 24.2 Å². The maximum atomic E-state index is 12.0. The van der Waals surface area contributed by atoms with Crippen molar-refractivity contribution in [1.29, 1.82) is 0 Å². The van der Waals surface area contributed by atoms with E-state index in [9.17, 15) is 14.7 Å². The van der Waals surface area contributed by atoms with Crippen LogP contribution in [0.25, 0.3) is 0 Å². The summed E-state index contributed by atoms with van der Waals surface area (Å²) in [5.74, 6) is -0.739. The first kappa shape index (κ1) is 21.8. The fourth-order valence-corrected chi connectivity index (χ4v) is 3.76. The summed E-state index contributed by atoms with van der Waals surface area (Å²) >= 11 is 0.